The van der Waals surface area contributed by atoms with Crippen LogP contribution in [0.3, 0.4) is 0 Å². The summed E-state index contributed by atoms with van der Waals surface area (Å²) in [5.41, 5.74) is 5.65. The molecule has 2 aromatic carbocycles. The Kier molecular flexibility index (Phi) is 5.23. The average Bonchev–Trinajstić information content (AvgIpc) is 3.25. The van der Waals surface area contributed by atoms with Crippen LogP contribution < -0.4 is 10.1 Å². The lowest BCUT2D eigenvalue weighted by atomic mass is 9.86. The quantitative estimate of drug-likeness (QED) is 0.658. The van der Waals surface area contributed by atoms with Gasteiger partial charge in [0.1, 0.15) is 5.75 Å². The molecule has 3 heterocycles. The molecule has 1 fully saturated rings. The van der Waals surface area contributed by atoms with E-state index in [1.54, 1.807) is 0 Å². The van der Waals surface area contributed by atoms with Crippen molar-refractivity contribution in [3.05, 3.63) is 82.7 Å². The molecule has 0 bridgehead atoms. The van der Waals surface area contributed by atoms with E-state index in [9.17, 15) is 9.59 Å². The summed E-state index contributed by atoms with van der Waals surface area (Å²) in [6.45, 7) is 7.33. The fourth-order valence-electron chi connectivity index (χ4n) is 4.95. The summed E-state index contributed by atoms with van der Waals surface area (Å²) in [6.07, 6.45) is 1.42. The fraction of sp³-hybridized carbons (Fsp3) is 0.333. The standard InChI is InChI=1S/C27H29N3O3/c1-18-8-9-21(16-19(18)2)26(32)29-14-12-27(13-15-29)25-11-10-22(17-28-20(3)31)30(25)23-6-4-5-7-24(23)33-27/h4-11,16H,12-15,17H2,1-3H3,(H,28,31). The Morgan fingerprint density at radius 1 is 1.00 bits per heavy atom. The summed E-state index contributed by atoms with van der Waals surface area (Å²) in [4.78, 5) is 26.6. The summed E-state index contributed by atoms with van der Waals surface area (Å²) in [5, 5.41) is 2.92. The van der Waals surface area contributed by atoms with E-state index in [-0.39, 0.29) is 11.8 Å². The molecule has 1 saturated heterocycles. The van der Waals surface area contributed by atoms with E-state index in [0.29, 0.717) is 32.5 Å². The number of carbonyl (C=O) groups is 2. The second-order valence-electron chi connectivity index (χ2n) is 9.11. The maximum Gasteiger partial charge on any atom is 0.253 e. The van der Waals surface area contributed by atoms with Crippen LogP contribution in [-0.4, -0.2) is 34.4 Å². The summed E-state index contributed by atoms with van der Waals surface area (Å²) in [6, 6.07) is 18.1. The van der Waals surface area contributed by atoms with Crippen molar-refractivity contribution in [2.24, 2.45) is 0 Å². The number of amides is 2. The maximum absolute atomic E-state index is 13.2. The van der Waals surface area contributed by atoms with Gasteiger partial charge in [-0.1, -0.05) is 18.2 Å². The van der Waals surface area contributed by atoms with Crippen LogP contribution in [0.15, 0.2) is 54.6 Å². The number of fused-ring (bicyclic) bond motifs is 4. The highest BCUT2D eigenvalue weighted by molar-refractivity contribution is 5.94. The maximum atomic E-state index is 13.2. The first-order chi connectivity index (χ1) is 15.9. The van der Waals surface area contributed by atoms with Crippen LogP contribution in [0, 0.1) is 13.8 Å². The number of nitrogens with one attached hydrogen (secondary N) is 1. The van der Waals surface area contributed by atoms with Gasteiger partial charge >= 0.3 is 0 Å². The number of nitrogens with zero attached hydrogens (tertiary/aromatic N) is 2. The van der Waals surface area contributed by atoms with Gasteiger partial charge in [-0.05, 0) is 61.4 Å². The Bertz CT molecular complexity index is 1240. The van der Waals surface area contributed by atoms with Gasteiger partial charge in [0, 0.05) is 44.1 Å². The fourth-order valence-corrected chi connectivity index (χ4v) is 4.95. The summed E-state index contributed by atoms with van der Waals surface area (Å²) in [7, 11) is 0. The van der Waals surface area contributed by atoms with Crippen molar-refractivity contribution >= 4 is 11.8 Å². The molecule has 0 radical (unpaired) electrons. The Labute approximate surface area is 194 Å². The molecule has 5 rings (SSSR count). The van der Waals surface area contributed by atoms with Gasteiger partial charge in [0.15, 0.2) is 5.60 Å². The first kappa shape index (κ1) is 21.3. The Balaban J connectivity index is 1.43. The zero-order chi connectivity index (χ0) is 23.2. The highest BCUT2D eigenvalue weighted by atomic mass is 16.5. The molecule has 6 heteroatoms. The van der Waals surface area contributed by atoms with E-state index in [1.165, 1.54) is 12.5 Å². The third-order valence-electron chi connectivity index (χ3n) is 6.97. The second-order valence-corrected chi connectivity index (χ2v) is 9.11. The van der Waals surface area contributed by atoms with E-state index >= 15 is 0 Å². The topological polar surface area (TPSA) is 63.6 Å². The molecule has 2 aliphatic heterocycles. The van der Waals surface area contributed by atoms with Crippen molar-refractivity contribution in [3.8, 4) is 11.4 Å². The van der Waals surface area contributed by atoms with Gasteiger partial charge in [-0.2, -0.15) is 0 Å². The molecule has 1 spiro atoms. The first-order valence-electron chi connectivity index (χ1n) is 11.5. The van der Waals surface area contributed by atoms with Crippen molar-refractivity contribution in [2.75, 3.05) is 13.1 Å². The van der Waals surface area contributed by atoms with E-state index < -0.39 is 5.60 Å². The monoisotopic (exact) mass is 443 g/mol. The second kappa shape index (κ2) is 8.10. The molecule has 0 atom stereocenters. The number of aryl methyl sites for hydroxylation is 2. The van der Waals surface area contributed by atoms with Gasteiger partial charge in [-0.15, -0.1) is 0 Å². The van der Waals surface area contributed by atoms with Crippen molar-refractivity contribution in [3.63, 3.8) is 0 Å². The van der Waals surface area contributed by atoms with Gasteiger partial charge in [0.05, 0.1) is 17.9 Å². The summed E-state index contributed by atoms with van der Waals surface area (Å²) >= 11 is 0. The smallest absolute Gasteiger partial charge is 0.253 e. The third-order valence-corrected chi connectivity index (χ3v) is 6.97. The number of aromatic nitrogens is 1. The average molecular weight is 444 g/mol. The third kappa shape index (κ3) is 3.69. The highest BCUT2D eigenvalue weighted by Crippen LogP contribution is 2.46. The van der Waals surface area contributed by atoms with Crippen LogP contribution in [0.25, 0.3) is 5.69 Å². The number of ether oxygens (including phenoxy) is 1. The molecule has 2 aliphatic rings. The molecule has 1 aromatic heterocycles. The SMILES string of the molecule is CC(=O)NCc1ccc2n1-c1ccccc1OC21CCN(C(=O)c2ccc(C)c(C)c2)CC1. The van der Waals surface area contributed by atoms with Crippen LogP contribution in [0.1, 0.15) is 52.6 Å². The molecule has 3 aromatic rings. The van der Waals surface area contributed by atoms with Crippen molar-refractivity contribution in [2.45, 2.75) is 45.8 Å². The predicted molar refractivity (Wildman–Crippen MR) is 127 cm³/mol. The number of benzene rings is 2. The zero-order valence-electron chi connectivity index (χ0n) is 19.4. The molecule has 0 saturated carbocycles. The lowest BCUT2D eigenvalue weighted by Crippen LogP contribution is -2.50. The Morgan fingerprint density at radius 3 is 2.48 bits per heavy atom. The molecule has 170 valence electrons. The van der Waals surface area contributed by atoms with Crippen LogP contribution in [0.5, 0.6) is 5.75 Å². The molecule has 0 unspecified atom stereocenters. The molecule has 33 heavy (non-hydrogen) atoms. The van der Waals surface area contributed by atoms with E-state index in [0.717, 1.165) is 34.0 Å². The number of carbonyl (C=O) groups excluding carboxylic acids is 2. The van der Waals surface area contributed by atoms with Crippen molar-refractivity contribution in [1.29, 1.82) is 0 Å². The van der Waals surface area contributed by atoms with E-state index in [2.05, 4.69) is 28.9 Å². The van der Waals surface area contributed by atoms with Crippen LogP contribution in [0.2, 0.25) is 0 Å². The Hall–Kier alpha value is -3.54. The number of para-hydroxylation sites is 2. The van der Waals surface area contributed by atoms with E-state index in [1.807, 2.05) is 54.3 Å². The van der Waals surface area contributed by atoms with Gasteiger partial charge in [-0.3, -0.25) is 9.59 Å². The predicted octanol–water partition coefficient (Wildman–Crippen LogP) is 4.25. The molecule has 1 N–H and O–H groups in total. The normalized spacial score (nSPS) is 16.0. The molecular formula is C27H29N3O3. The minimum absolute atomic E-state index is 0.0567. The minimum Gasteiger partial charge on any atom is -0.479 e. The number of likely N-dealkylation sites (tertiary alicyclic amines) is 1. The summed E-state index contributed by atoms with van der Waals surface area (Å²) < 4.78 is 8.87. The minimum atomic E-state index is -0.497. The lowest BCUT2D eigenvalue weighted by Gasteiger charge is -2.45. The zero-order valence-corrected chi connectivity index (χ0v) is 19.4. The van der Waals surface area contributed by atoms with Crippen LogP contribution in [-0.2, 0) is 16.9 Å². The highest BCUT2D eigenvalue weighted by Gasteiger charge is 2.45. The van der Waals surface area contributed by atoms with Gasteiger partial charge in [-0.25, -0.2) is 0 Å². The van der Waals surface area contributed by atoms with Crippen molar-refractivity contribution < 1.29 is 14.3 Å². The first-order valence-corrected chi connectivity index (χ1v) is 11.5. The van der Waals surface area contributed by atoms with Crippen molar-refractivity contribution in [1.82, 2.24) is 14.8 Å². The van der Waals surface area contributed by atoms with Gasteiger partial charge in [0.2, 0.25) is 5.91 Å². The molecular weight excluding hydrogens is 414 g/mol. The van der Waals surface area contributed by atoms with Gasteiger partial charge < -0.3 is 19.5 Å². The largest absolute Gasteiger partial charge is 0.479 e. The molecule has 0 aliphatic carbocycles. The molecule has 6 nitrogen and oxygen atoms in total. The number of rotatable bonds is 3. The lowest BCUT2D eigenvalue weighted by molar-refractivity contribution is -0.119. The van der Waals surface area contributed by atoms with Gasteiger partial charge in [0.25, 0.3) is 5.91 Å². The van der Waals surface area contributed by atoms with Crippen LogP contribution >= 0.6 is 0 Å². The van der Waals surface area contributed by atoms with Crippen LogP contribution in [0.4, 0.5) is 0 Å². The number of piperidine rings is 1. The molecule has 2 amide bonds. The number of hydrogen-bond donors (Lipinski definition) is 1. The Morgan fingerprint density at radius 2 is 1.76 bits per heavy atom. The van der Waals surface area contributed by atoms with E-state index in [4.69, 9.17) is 4.74 Å². The number of hydrogen-bond acceptors (Lipinski definition) is 3. The summed E-state index contributed by atoms with van der Waals surface area (Å²) in [5.74, 6) is 0.851.